The number of aryl methyl sites for hydroxylation is 2. The topological polar surface area (TPSA) is 44.9 Å². The van der Waals surface area contributed by atoms with E-state index in [1.54, 1.807) is 0 Å². The Hall–Kier alpha value is -1.42. The molecule has 1 aliphatic carbocycles. The van der Waals surface area contributed by atoms with Gasteiger partial charge in [-0.1, -0.05) is 0 Å². The number of benzene rings is 1. The van der Waals surface area contributed by atoms with Crippen molar-refractivity contribution in [3.05, 3.63) is 35.0 Å². The average molecular weight is 302 g/mol. The summed E-state index contributed by atoms with van der Waals surface area (Å²) in [5.41, 5.74) is 4.26. The van der Waals surface area contributed by atoms with Crippen LogP contribution in [0.1, 0.15) is 40.9 Å². The number of H-pyrrole nitrogens is 1. The molecule has 1 aromatic heterocycles. The van der Waals surface area contributed by atoms with Crippen LogP contribution in [0, 0.1) is 13.8 Å². The quantitative estimate of drug-likeness (QED) is 0.906. The lowest BCUT2D eigenvalue weighted by Crippen LogP contribution is -2.33. The molecule has 1 heterocycles. The van der Waals surface area contributed by atoms with Crippen LogP contribution in [-0.2, 0) is 0 Å². The number of aromatic nitrogens is 1. The molecule has 0 aliphatic heterocycles. The molecule has 1 aliphatic rings. The average Bonchev–Trinajstić information content (AvgIpc) is 3.04. The molecule has 1 saturated carbocycles. The van der Waals surface area contributed by atoms with Crippen LogP contribution < -0.4 is 5.32 Å². The van der Waals surface area contributed by atoms with Gasteiger partial charge in [-0.2, -0.15) is 11.8 Å². The van der Waals surface area contributed by atoms with E-state index in [-0.39, 0.29) is 5.91 Å². The van der Waals surface area contributed by atoms with Gasteiger partial charge in [-0.05, 0) is 63.1 Å². The van der Waals surface area contributed by atoms with Gasteiger partial charge in [0.1, 0.15) is 0 Å². The van der Waals surface area contributed by atoms with Crippen LogP contribution in [0.4, 0.5) is 0 Å². The zero-order valence-electron chi connectivity index (χ0n) is 12.8. The zero-order valence-corrected chi connectivity index (χ0v) is 13.6. The molecule has 21 heavy (non-hydrogen) atoms. The first-order chi connectivity index (χ1) is 10.1. The lowest BCUT2D eigenvalue weighted by molar-refractivity contribution is 0.0938. The molecule has 0 bridgehead atoms. The minimum Gasteiger partial charge on any atom is -0.358 e. The Morgan fingerprint density at radius 2 is 2.14 bits per heavy atom. The van der Waals surface area contributed by atoms with E-state index in [4.69, 9.17) is 0 Å². The summed E-state index contributed by atoms with van der Waals surface area (Å²) in [4.78, 5) is 15.8. The zero-order chi connectivity index (χ0) is 15.0. The number of aromatic amines is 1. The van der Waals surface area contributed by atoms with Crippen LogP contribution in [0.15, 0.2) is 18.2 Å². The molecule has 2 aromatic rings. The summed E-state index contributed by atoms with van der Waals surface area (Å²) in [5.74, 6) is 0.0573. The van der Waals surface area contributed by atoms with Crippen molar-refractivity contribution in [3.63, 3.8) is 0 Å². The van der Waals surface area contributed by atoms with Gasteiger partial charge in [-0.15, -0.1) is 0 Å². The summed E-state index contributed by atoms with van der Waals surface area (Å²) >= 11 is 1.91. The molecular weight excluding hydrogens is 280 g/mol. The van der Waals surface area contributed by atoms with Crippen LogP contribution in [-0.4, -0.2) is 28.4 Å². The van der Waals surface area contributed by atoms with Gasteiger partial charge in [0.2, 0.25) is 0 Å². The smallest absolute Gasteiger partial charge is 0.251 e. The first-order valence-corrected chi connectivity index (χ1v) is 8.80. The van der Waals surface area contributed by atoms with Crippen LogP contribution in [0.2, 0.25) is 0 Å². The molecule has 2 N–H and O–H groups in total. The van der Waals surface area contributed by atoms with Gasteiger partial charge in [0.25, 0.3) is 5.91 Å². The fourth-order valence-electron chi connectivity index (χ4n) is 3.16. The van der Waals surface area contributed by atoms with Crippen molar-refractivity contribution in [3.8, 4) is 0 Å². The predicted molar refractivity (Wildman–Crippen MR) is 90.2 cm³/mol. The van der Waals surface area contributed by atoms with Crippen molar-refractivity contribution in [2.24, 2.45) is 0 Å². The van der Waals surface area contributed by atoms with Gasteiger partial charge >= 0.3 is 0 Å². The Kier molecular flexibility index (Phi) is 3.98. The first-order valence-electron chi connectivity index (χ1n) is 7.51. The Morgan fingerprint density at radius 3 is 2.86 bits per heavy atom. The summed E-state index contributed by atoms with van der Waals surface area (Å²) in [6, 6.07) is 6.25. The Balaban J connectivity index is 1.77. The molecule has 4 heteroatoms. The van der Waals surface area contributed by atoms with Crippen LogP contribution in [0.5, 0.6) is 0 Å². The van der Waals surface area contributed by atoms with E-state index in [1.165, 1.54) is 17.7 Å². The summed E-state index contributed by atoms with van der Waals surface area (Å²) < 4.78 is 0. The Morgan fingerprint density at radius 1 is 1.33 bits per heavy atom. The molecule has 0 radical (unpaired) electrons. The van der Waals surface area contributed by atoms with E-state index in [0.717, 1.165) is 29.3 Å². The molecule has 0 saturated heterocycles. The highest BCUT2D eigenvalue weighted by Gasteiger charge is 2.25. The third-order valence-corrected chi connectivity index (χ3v) is 5.72. The first kappa shape index (κ1) is 14.5. The monoisotopic (exact) mass is 302 g/mol. The maximum absolute atomic E-state index is 12.4. The summed E-state index contributed by atoms with van der Waals surface area (Å²) in [6.45, 7) is 4.16. The van der Waals surface area contributed by atoms with E-state index < -0.39 is 0 Å². The van der Waals surface area contributed by atoms with Crippen LogP contribution in [0.3, 0.4) is 0 Å². The van der Waals surface area contributed by atoms with Crippen molar-refractivity contribution < 1.29 is 4.79 Å². The van der Waals surface area contributed by atoms with E-state index in [9.17, 15) is 4.79 Å². The van der Waals surface area contributed by atoms with Crippen LogP contribution in [0.25, 0.3) is 10.9 Å². The molecule has 0 spiro atoms. The number of hydrogen-bond donors (Lipinski definition) is 2. The fourth-order valence-corrected chi connectivity index (χ4v) is 3.95. The van der Waals surface area contributed by atoms with Gasteiger partial charge in [0, 0.05) is 33.5 Å². The lowest BCUT2D eigenvalue weighted by Gasteiger charge is -2.13. The van der Waals surface area contributed by atoms with Crippen molar-refractivity contribution in [2.45, 2.75) is 44.4 Å². The molecule has 1 fully saturated rings. The number of rotatable bonds is 3. The fraction of sp³-hybridized carbons (Fsp3) is 0.471. The molecule has 3 nitrogen and oxygen atoms in total. The highest BCUT2D eigenvalue weighted by Crippen LogP contribution is 2.28. The number of thioether (sulfide) groups is 1. The van der Waals surface area contributed by atoms with Crippen LogP contribution >= 0.6 is 11.8 Å². The minimum absolute atomic E-state index is 0.0573. The van der Waals surface area contributed by atoms with Gasteiger partial charge in [-0.25, -0.2) is 0 Å². The highest BCUT2D eigenvalue weighted by molar-refractivity contribution is 7.99. The van der Waals surface area contributed by atoms with E-state index in [0.29, 0.717) is 11.3 Å². The van der Waals surface area contributed by atoms with Crippen molar-refractivity contribution >= 4 is 28.6 Å². The van der Waals surface area contributed by atoms with Gasteiger partial charge < -0.3 is 10.3 Å². The maximum Gasteiger partial charge on any atom is 0.251 e. The summed E-state index contributed by atoms with van der Waals surface area (Å²) in [5, 5.41) is 5.04. The molecule has 2 unspecified atom stereocenters. The van der Waals surface area contributed by atoms with Crippen molar-refractivity contribution in [1.82, 2.24) is 10.3 Å². The lowest BCUT2D eigenvalue weighted by atomic mass is 10.1. The third kappa shape index (κ3) is 2.82. The number of carbonyl (C=O) groups is 1. The van der Waals surface area contributed by atoms with Gasteiger partial charge in [-0.3, -0.25) is 4.79 Å². The minimum atomic E-state index is 0.0573. The summed E-state index contributed by atoms with van der Waals surface area (Å²) in [7, 11) is 0. The molecular formula is C17H22N2OS. The molecule has 112 valence electrons. The molecule has 2 atom stereocenters. The summed E-state index contributed by atoms with van der Waals surface area (Å²) in [6.07, 6.45) is 5.56. The maximum atomic E-state index is 12.4. The Labute approximate surface area is 129 Å². The molecule has 3 rings (SSSR count). The predicted octanol–water partition coefficient (Wildman–Crippen LogP) is 3.80. The SMILES string of the molecule is CSC1CCC(NC(=O)c2ccc3[nH]c(C)c(C)c3c2)C1. The second kappa shape index (κ2) is 5.76. The Bertz CT molecular complexity index is 677. The van der Waals surface area contributed by atoms with Gasteiger partial charge in [0.15, 0.2) is 0 Å². The highest BCUT2D eigenvalue weighted by atomic mass is 32.2. The number of carbonyl (C=O) groups excluding carboxylic acids is 1. The van der Waals surface area contributed by atoms with E-state index in [1.807, 2.05) is 30.0 Å². The van der Waals surface area contributed by atoms with Gasteiger partial charge in [0.05, 0.1) is 0 Å². The number of hydrogen-bond acceptors (Lipinski definition) is 2. The molecule has 1 aromatic carbocycles. The second-order valence-electron chi connectivity index (χ2n) is 5.98. The van der Waals surface area contributed by atoms with E-state index >= 15 is 0 Å². The van der Waals surface area contributed by atoms with E-state index in [2.05, 4.69) is 30.4 Å². The number of fused-ring (bicyclic) bond motifs is 1. The molecule has 1 amide bonds. The second-order valence-corrected chi connectivity index (χ2v) is 7.11. The third-order valence-electron chi connectivity index (χ3n) is 4.62. The normalized spacial score (nSPS) is 21.9. The number of nitrogens with one attached hydrogen (secondary N) is 2. The van der Waals surface area contributed by atoms with Crippen molar-refractivity contribution in [2.75, 3.05) is 6.26 Å². The largest absolute Gasteiger partial charge is 0.358 e. The standard InChI is InChI=1S/C17H22N2OS/c1-10-11(2)18-16-7-4-12(8-15(10)16)17(20)19-13-5-6-14(9-13)21-3/h4,7-8,13-14,18H,5-6,9H2,1-3H3,(H,19,20). The number of amides is 1. The van der Waals surface area contributed by atoms with Crippen molar-refractivity contribution in [1.29, 1.82) is 0 Å².